The van der Waals surface area contributed by atoms with Crippen LogP contribution in [-0.4, -0.2) is 54.2 Å². The van der Waals surface area contributed by atoms with Gasteiger partial charge in [0.1, 0.15) is 5.69 Å². The Balaban J connectivity index is 2.08. The lowest BCUT2D eigenvalue weighted by Crippen LogP contribution is -2.10. The fourth-order valence-electron chi connectivity index (χ4n) is 1.69. The standard InChI is InChI=1S/C13H26N3O5P/c1-4-16-11-13(14-15-16)12-19-8-7-18-9-10-22(17,20-5-2)21-6-3/h11H,4-10,12H2,1-3H3. The molecule has 0 fully saturated rings. The molecule has 0 N–H and O–H groups in total. The topological polar surface area (TPSA) is 84.7 Å². The van der Waals surface area contributed by atoms with Crippen LogP contribution in [-0.2, 0) is 36.2 Å². The molecule has 1 aromatic rings. The molecular weight excluding hydrogens is 309 g/mol. The molecule has 0 aliphatic rings. The zero-order chi connectivity index (χ0) is 16.3. The Morgan fingerprint density at radius 1 is 1.09 bits per heavy atom. The summed E-state index contributed by atoms with van der Waals surface area (Å²) in [6, 6.07) is 0. The van der Waals surface area contributed by atoms with Gasteiger partial charge in [-0.2, -0.15) is 0 Å². The van der Waals surface area contributed by atoms with Crippen LogP contribution in [0.3, 0.4) is 0 Å². The summed E-state index contributed by atoms with van der Waals surface area (Å²) in [5.41, 5.74) is 0.791. The predicted octanol–water partition coefficient (Wildman–Crippen LogP) is 2.10. The average molecular weight is 335 g/mol. The van der Waals surface area contributed by atoms with Gasteiger partial charge in [0.05, 0.1) is 52.0 Å². The fourth-order valence-corrected chi connectivity index (χ4v) is 3.16. The monoisotopic (exact) mass is 335 g/mol. The largest absolute Gasteiger partial charge is 0.378 e. The van der Waals surface area contributed by atoms with E-state index in [1.54, 1.807) is 18.5 Å². The van der Waals surface area contributed by atoms with E-state index in [4.69, 9.17) is 18.5 Å². The van der Waals surface area contributed by atoms with Crippen LogP contribution in [0.1, 0.15) is 26.5 Å². The van der Waals surface area contributed by atoms with Gasteiger partial charge in [-0.05, 0) is 20.8 Å². The molecule has 9 heteroatoms. The molecular formula is C13H26N3O5P. The highest BCUT2D eigenvalue weighted by atomic mass is 31.2. The van der Waals surface area contributed by atoms with E-state index in [1.165, 1.54) is 0 Å². The first kappa shape index (κ1) is 19.3. The second kappa shape index (κ2) is 10.9. The zero-order valence-corrected chi connectivity index (χ0v) is 14.5. The predicted molar refractivity (Wildman–Crippen MR) is 81.9 cm³/mol. The van der Waals surface area contributed by atoms with Gasteiger partial charge in [-0.25, -0.2) is 0 Å². The van der Waals surface area contributed by atoms with Crippen molar-refractivity contribution in [2.24, 2.45) is 0 Å². The summed E-state index contributed by atoms with van der Waals surface area (Å²) in [5, 5.41) is 7.89. The van der Waals surface area contributed by atoms with Gasteiger partial charge in [0.2, 0.25) is 0 Å². The number of rotatable bonds is 13. The molecule has 22 heavy (non-hydrogen) atoms. The number of nitrogens with zero attached hydrogens (tertiary/aromatic N) is 3. The zero-order valence-electron chi connectivity index (χ0n) is 13.6. The van der Waals surface area contributed by atoms with Crippen LogP contribution < -0.4 is 0 Å². The van der Waals surface area contributed by atoms with E-state index >= 15 is 0 Å². The summed E-state index contributed by atoms with van der Waals surface area (Å²) < 4.78 is 35.1. The smallest absolute Gasteiger partial charge is 0.332 e. The highest BCUT2D eigenvalue weighted by Crippen LogP contribution is 2.47. The van der Waals surface area contributed by atoms with Crippen molar-refractivity contribution in [1.82, 2.24) is 15.0 Å². The van der Waals surface area contributed by atoms with Gasteiger partial charge in [0, 0.05) is 6.54 Å². The van der Waals surface area contributed by atoms with Gasteiger partial charge in [-0.15, -0.1) is 5.10 Å². The summed E-state index contributed by atoms with van der Waals surface area (Å²) in [5.74, 6) is 0. The fraction of sp³-hybridized carbons (Fsp3) is 0.846. The molecule has 0 aliphatic carbocycles. The maximum absolute atomic E-state index is 12.1. The molecule has 1 aromatic heterocycles. The van der Waals surface area contributed by atoms with E-state index < -0.39 is 7.60 Å². The molecule has 0 atom stereocenters. The summed E-state index contributed by atoms with van der Waals surface area (Å²) in [7, 11) is -3.01. The van der Waals surface area contributed by atoms with Gasteiger partial charge >= 0.3 is 7.60 Å². The van der Waals surface area contributed by atoms with Crippen molar-refractivity contribution in [3.63, 3.8) is 0 Å². The Morgan fingerprint density at radius 3 is 2.36 bits per heavy atom. The summed E-state index contributed by atoms with van der Waals surface area (Å²) in [4.78, 5) is 0. The van der Waals surface area contributed by atoms with Crippen LogP contribution >= 0.6 is 7.60 Å². The minimum Gasteiger partial charge on any atom is -0.378 e. The molecule has 128 valence electrons. The van der Waals surface area contributed by atoms with Crippen LogP contribution in [0, 0.1) is 0 Å². The third-order valence-electron chi connectivity index (χ3n) is 2.69. The first-order valence-corrected chi connectivity index (χ1v) is 9.29. The SMILES string of the molecule is CCOP(=O)(CCOCCOCc1cn(CC)nn1)OCC. The van der Waals surface area contributed by atoms with E-state index in [1.807, 2.05) is 13.1 Å². The third-order valence-corrected chi connectivity index (χ3v) is 4.73. The molecule has 0 aliphatic heterocycles. The number of hydrogen-bond donors (Lipinski definition) is 0. The minimum atomic E-state index is -3.01. The quantitative estimate of drug-likeness (QED) is 0.403. The van der Waals surface area contributed by atoms with Crippen LogP contribution in [0.25, 0.3) is 0 Å². The van der Waals surface area contributed by atoms with Crippen molar-refractivity contribution in [3.05, 3.63) is 11.9 Å². The van der Waals surface area contributed by atoms with Crippen molar-refractivity contribution < 1.29 is 23.1 Å². The number of ether oxygens (including phenoxy) is 2. The minimum absolute atomic E-state index is 0.250. The van der Waals surface area contributed by atoms with Gasteiger partial charge < -0.3 is 18.5 Å². The first-order chi connectivity index (χ1) is 10.6. The number of aryl methyl sites for hydroxylation is 1. The van der Waals surface area contributed by atoms with Crippen LogP contribution in [0.4, 0.5) is 0 Å². The van der Waals surface area contributed by atoms with E-state index in [9.17, 15) is 4.57 Å². The van der Waals surface area contributed by atoms with Crippen LogP contribution in [0.15, 0.2) is 6.20 Å². The normalized spacial score (nSPS) is 12.0. The molecule has 0 radical (unpaired) electrons. The molecule has 0 amide bonds. The van der Waals surface area contributed by atoms with E-state index in [0.29, 0.717) is 39.6 Å². The van der Waals surface area contributed by atoms with Gasteiger partial charge in [-0.3, -0.25) is 9.25 Å². The lowest BCUT2D eigenvalue weighted by molar-refractivity contribution is 0.0431. The Bertz CT molecular complexity index is 445. The first-order valence-electron chi connectivity index (χ1n) is 7.56. The third kappa shape index (κ3) is 7.47. The van der Waals surface area contributed by atoms with E-state index in [-0.39, 0.29) is 6.16 Å². The van der Waals surface area contributed by atoms with Crippen molar-refractivity contribution in [2.45, 2.75) is 33.9 Å². The highest BCUT2D eigenvalue weighted by molar-refractivity contribution is 7.53. The lowest BCUT2D eigenvalue weighted by atomic mass is 10.5. The molecule has 0 spiro atoms. The summed E-state index contributed by atoms with van der Waals surface area (Å²) in [6.07, 6.45) is 2.10. The molecule has 1 rings (SSSR count). The molecule has 0 unspecified atom stereocenters. The van der Waals surface area contributed by atoms with E-state index in [0.717, 1.165) is 12.2 Å². The number of aromatic nitrogens is 3. The molecule has 0 saturated carbocycles. The van der Waals surface area contributed by atoms with Crippen molar-refractivity contribution in [1.29, 1.82) is 0 Å². The van der Waals surface area contributed by atoms with Crippen molar-refractivity contribution in [3.8, 4) is 0 Å². The molecule has 0 bridgehead atoms. The van der Waals surface area contributed by atoms with Crippen LogP contribution in [0.2, 0.25) is 0 Å². The second-order valence-corrected chi connectivity index (χ2v) is 6.59. The second-order valence-electron chi connectivity index (χ2n) is 4.40. The van der Waals surface area contributed by atoms with Crippen LogP contribution in [0.5, 0.6) is 0 Å². The molecule has 8 nitrogen and oxygen atoms in total. The maximum Gasteiger partial charge on any atom is 0.332 e. The Hall–Kier alpha value is -0.790. The highest BCUT2D eigenvalue weighted by Gasteiger charge is 2.22. The Morgan fingerprint density at radius 2 is 1.77 bits per heavy atom. The van der Waals surface area contributed by atoms with Gasteiger partial charge in [0.25, 0.3) is 0 Å². The summed E-state index contributed by atoms with van der Waals surface area (Å²) >= 11 is 0. The maximum atomic E-state index is 12.1. The average Bonchev–Trinajstić information content (AvgIpc) is 2.95. The van der Waals surface area contributed by atoms with Crippen molar-refractivity contribution >= 4 is 7.60 Å². The van der Waals surface area contributed by atoms with Gasteiger partial charge in [0.15, 0.2) is 0 Å². The Labute approximate surface area is 131 Å². The lowest BCUT2D eigenvalue weighted by Gasteiger charge is -2.16. The Kier molecular flexibility index (Phi) is 9.50. The van der Waals surface area contributed by atoms with Gasteiger partial charge in [-0.1, -0.05) is 5.21 Å². The van der Waals surface area contributed by atoms with Crippen molar-refractivity contribution in [2.75, 3.05) is 39.2 Å². The molecule has 0 aromatic carbocycles. The molecule has 1 heterocycles. The number of hydrogen-bond acceptors (Lipinski definition) is 7. The summed E-state index contributed by atoms with van der Waals surface area (Å²) in [6.45, 7) is 8.65. The molecule has 0 saturated heterocycles. The van der Waals surface area contributed by atoms with E-state index in [2.05, 4.69) is 10.3 Å².